The van der Waals surface area contributed by atoms with Crippen LogP contribution in [-0.4, -0.2) is 33.6 Å². The highest BCUT2D eigenvalue weighted by Crippen LogP contribution is 2.31. The normalized spacial score (nSPS) is 12.1. The van der Waals surface area contributed by atoms with E-state index in [-0.39, 0.29) is 29.1 Å². The van der Waals surface area contributed by atoms with E-state index in [2.05, 4.69) is 9.97 Å². The standard InChI is InChI=1S/C23H20FN3O2S2/c1-14(15-6-4-3-5-7-15)27(2)19(28)13-31-23-25-21(29)20-18(12-30-22(20)26-23)16-8-10-17(24)11-9-16/h3-12,14H,13H2,1-2H3,(H,25,26,29). The number of hydrogen-bond acceptors (Lipinski definition) is 5. The molecule has 0 radical (unpaired) electrons. The fourth-order valence-corrected chi connectivity index (χ4v) is 5.03. The van der Waals surface area contributed by atoms with Crippen LogP contribution in [0.25, 0.3) is 21.3 Å². The average Bonchev–Trinajstić information content (AvgIpc) is 3.22. The Balaban J connectivity index is 1.50. The monoisotopic (exact) mass is 453 g/mol. The number of aromatic nitrogens is 2. The number of H-pyrrole nitrogens is 1. The Hall–Kier alpha value is -2.97. The van der Waals surface area contributed by atoms with Gasteiger partial charge in [-0.3, -0.25) is 9.59 Å². The number of benzene rings is 2. The van der Waals surface area contributed by atoms with Crippen LogP contribution in [0.1, 0.15) is 18.5 Å². The number of thioether (sulfide) groups is 1. The second-order valence-corrected chi connectivity index (χ2v) is 8.91. The minimum Gasteiger partial charge on any atom is -0.338 e. The molecular weight excluding hydrogens is 433 g/mol. The average molecular weight is 454 g/mol. The van der Waals surface area contributed by atoms with Crippen LogP contribution in [0.15, 0.2) is 69.9 Å². The molecule has 0 aliphatic heterocycles. The van der Waals surface area contributed by atoms with E-state index in [1.54, 1.807) is 24.1 Å². The Morgan fingerprint density at radius 1 is 1.19 bits per heavy atom. The molecule has 0 aliphatic carbocycles. The topological polar surface area (TPSA) is 66.1 Å². The van der Waals surface area contributed by atoms with Crippen molar-refractivity contribution in [2.45, 2.75) is 18.1 Å². The number of aromatic amines is 1. The Morgan fingerprint density at radius 2 is 1.90 bits per heavy atom. The zero-order valence-electron chi connectivity index (χ0n) is 17.0. The number of amides is 1. The number of halogens is 1. The van der Waals surface area contributed by atoms with Crippen molar-refractivity contribution in [2.75, 3.05) is 12.8 Å². The van der Waals surface area contributed by atoms with Gasteiger partial charge < -0.3 is 9.88 Å². The molecule has 158 valence electrons. The Labute approximate surface area is 187 Å². The number of carbonyl (C=O) groups excluding carboxylic acids is 1. The maximum Gasteiger partial charge on any atom is 0.260 e. The molecule has 1 N–H and O–H groups in total. The molecule has 5 nitrogen and oxygen atoms in total. The van der Waals surface area contributed by atoms with E-state index in [9.17, 15) is 14.0 Å². The summed E-state index contributed by atoms with van der Waals surface area (Å²) in [6, 6.07) is 15.8. The van der Waals surface area contributed by atoms with Crippen LogP contribution in [0.2, 0.25) is 0 Å². The molecule has 0 aliphatic rings. The molecule has 31 heavy (non-hydrogen) atoms. The van der Waals surface area contributed by atoms with E-state index in [1.165, 1.54) is 35.2 Å². The number of rotatable bonds is 6. The van der Waals surface area contributed by atoms with Gasteiger partial charge >= 0.3 is 0 Å². The van der Waals surface area contributed by atoms with Crippen LogP contribution < -0.4 is 5.56 Å². The summed E-state index contributed by atoms with van der Waals surface area (Å²) >= 11 is 2.56. The first-order valence-corrected chi connectivity index (χ1v) is 11.5. The van der Waals surface area contributed by atoms with Crippen LogP contribution in [0.4, 0.5) is 4.39 Å². The predicted octanol–water partition coefficient (Wildman–Crippen LogP) is 5.10. The third kappa shape index (κ3) is 4.55. The van der Waals surface area contributed by atoms with Crippen molar-refractivity contribution in [3.05, 3.63) is 81.7 Å². The summed E-state index contributed by atoms with van der Waals surface area (Å²) < 4.78 is 13.2. The Bertz CT molecular complexity index is 1270. The number of nitrogens with zero attached hydrogens (tertiary/aromatic N) is 2. The van der Waals surface area contributed by atoms with Gasteiger partial charge in [0.05, 0.1) is 17.2 Å². The van der Waals surface area contributed by atoms with E-state index < -0.39 is 0 Å². The zero-order chi connectivity index (χ0) is 22.0. The molecular formula is C23H20FN3O2S2. The molecule has 0 spiro atoms. The maximum atomic E-state index is 13.2. The van der Waals surface area contributed by atoms with E-state index >= 15 is 0 Å². The maximum absolute atomic E-state index is 13.2. The zero-order valence-corrected chi connectivity index (χ0v) is 18.6. The summed E-state index contributed by atoms with van der Waals surface area (Å²) in [6.45, 7) is 1.98. The third-order valence-corrected chi connectivity index (χ3v) is 6.90. The van der Waals surface area contributed by atoms with Crippen molar-refractivity contribution in [3.8, 4) is 11.1 Å². The van der Waals surface area contributed by atoms with Crippen molar-refractivity contribution >= 4 is 39.2 Å². The van der Waals surface area contributed by atoms with E-state index in [0.29, 0.717) is 15.4 Å². The van der Waals surface area contributed by atoms with Gasteiger partial charge in [0.15, 0.2) is 5.16 Å². The highest BCUT2D eigenvalue weighted by Gasteiger charge is 2.19. The van der Waals surface area contributed by atoms with Crippen LogP contribution in [0.3, 0.4) is 0 Å². The molecule has 0 saturated heterocycles. The number of thiophene rings is 1. The Kier molecular flexibility index (Phi) is 6.20. The summed E-state index contributed by atoms with van der Waals surface area (Å²) in [5, 5.41) is 2.72. The first-order valence-electron chi connectivity index (χ1n) is 9.65. The lowest BCUT2D eigenvalue weighted by Gasteiger charge is -2.25. The van der Waals surface area contributed by atoms with Gasteiger partial charge in [0.25, 0.3) is 5.56 Å². The van der Waals surface area contributed by atoms with Gasteiger partial charge in [-0.1, -0.05) is 54.2 Å². The molecule has 0 saturated carbocycles. The smallest absolute Gasteiger partial charge is 0.260 e. The van der Waals surface area contributed by atoms with E-state index in [0.717, 1.165) is 16.7 Å². The quantitative estimate of drug-likeness (QED) is 0.326. The SMILES string of the molecule is CC(c1ccccc1)N(C)C(=O)CSc1nc2scc(-c3ccc(F)cc3)c2c(=O)[nH]1. The lowest BCUT2D eigenvalue weighted by atomic mass is 10.1. The van der Waals surface area contributed by atoms with Crippen molar-refractivity contribution in [1.82, 2.24) is 14.9 Å². The highest BCUT2D eigenvalue weighted by molar-refractivity contribution is 7.99. The van der Waals surface area contributed by atoms with Gasteiger partial charge in [-0.2, -0.15) is 0 Å². The summed E-state index contributed by atoms with van der Waals surface area (Å²) in [4.78, 5) is 34.9. The minimum atomic E-state index is -0.328. The third-order valence-electron chi connectivity index (χ3n) is 5.17. The molecule has 2 aromatic carbocycles. The van der Waals surface area contributed by atoms with Crippen molar-refractivity contribution in [3.63, 3.8) is 0 Å². The lowest BCUT2D eigenvalue weighted by Crippen LogP contribution is -2.31. The molecule has 1 amide bonds. The minimum absolute atomic E-state index is 0.0534. The summed E-state index contributed by atoms with van der Waals surface area (Å²) in [6.07, 6.45) is 0. The van der Waals surface area contributed by atoms with Crippen LogP contribution in [0, 0.1) is 5.82 Å². The van der Waals surface area contributed by atoms with Crippen LogP contribution >= 0.6 is 23.1 Å². The van der Waals surface area contributed by atoms with Crippen molar-refractivity contribution < 1.29 is 9.18 Å². The van der Waals surface area contributed by atoms with Gasteiger partial charge in [0.1, 0.15) is 10.6 Å². The summed E-state index contributed by atoms with van der Waals surface area (Å²) in [5.74, 6) is -0.217. The second kappa shape index (κ2) is 9.03. The first kappa shape index (κ1) is 21.3. The lowest BCUT2D eigenvalue weighted by molar-refractivity contribution is -0.128. The summed E-state index contributed by atoms with van der Waals surface area (Å²) in [5.41, 5.74) is 2.26. The number of nitrogens with one attached hydrogen (secondary N) is 1. The van der Waals surface area contributed by atoms with E-state index in [1.807, 2.05) is 42.6 Å². The molecule has 2 heterocycles. The molecule has 1 atom stereocenters. The molecule has 8 heteroatoms. The van der Waals surface area contributed by atoms with Crippen molar-refractivity contribution in [1.29, 1.82) is 0 Å². The van der Waals surface area contributed by atoms with Gasteiger partial charge in [0.2, 0.25) is 5.91 Å². The van der Waals surface area contributed by atoms with Gasteiger partial charge in [-0.15, -0.1) is 11.3 Å². The van der Waals surface area contributed by atoms with Crippen LogP contribution in [0.5, 0.6) is 0 Å². The number of carbonyl (C=O) groups is 1. The molecule has 4 aromatic rings. The Morgan fingerprint density at radius 3 is 2.61 bits per heavy atom. The molecule has 0 bridgehead atoms. The van der Waals surface area contributed by atoms with Crippen LogP contribution in [-0.2, 0) is 4.79 Å². The van der Waals surface area contributed by atoms with Gasteiger partial charge in [-0.05, 0) is 30.2 Å². The highest BCUT2D eigenvalue weighted by atomic mass is 32.2. The van der Waals surface area contributed by atoms with Crippen molar-refractivity contribution in [2.24, 2.45) is 0 Å². The number of hydrogen-bond donors (Lipinski definition) is 1. The first-order chi connectivity index (χ1) is 14.9. The van der Waals surface area contributed by atoms with Gasteiger partial charge in [0, 0.05) is 18.0 Å². The predicted molar refractivity (Wildman–Crippen MR) is 124 cm³/mol. The molecule has 0 fully saturated rings. The largest absolute Gasteiger partial charge is 0.338 e. The molecule has 1 unspecified atom stereocenters. The fraction of sp³-hybridized carbons (Fsp3) is 0.174. The molecule has 4 rings (SSSR count). The summed E-state index contributed by atoms with van der Waals surface area (Å²) in [7, 11) is 1.77. The van der Waals surface area contributed by atoms with E-state index in [4.69, 9.17) is 0 Å². The number of fused-ring (bicyclic) bond motifs is 1. The van der Waals surface area contributed by atoms with Gasteiger partial charge in [-0.25, -0.2) is 9.37 Å². The molecule has 2 aromatic heterocycles. The fourth-order valence-electron chi connectivity index (χ4n) is 3.24. The second-order valence-electron chi connectivity index (χ2n) is 7.09.